The highest BCUT2D eigenvalue weighted by Gasteiger charge is 2.32. The number of amidine groups is 1. The average Bonchev–Trinajstić information content (AvgIpc) is 2.11. The Kier molecular flexibility index (Phi) is 2.82. The third-order valence-corrected chi connectivity index (χ3v) is 2.61. The lowest BCUT2D eigenvalue weighted by Crippen LogP contribution is -2.56. The minimum Gasteiger partial charge on any atom is -0.382 e. The SMILES string of the molecule is CNC1(C)C=C(N(C)C)C(N)=NC1N. The summed E-state index contributed by atoms with van der Waals surface area (Å²) < 4.78 is 0. The van der Waals surface area contributed by atoms with Crippen molar-refractivity contribution in [2.45, 2.75) is 18.6 Å². The maximum atomic E-state index is 5.88. The van der Waals surface area contributed by atoms with Gasteiger partial charge in [0, 0.05) is 14.1 Å². The molecule has 0 aromatic rings. The summed E-state index contributed by atoms with van der Waals surface area (Å²) in [4.78, 5) is 6.14. The Labute approximate surface area is 84.8 Å². The van der Waals surface area contributed by atoms with Crippen LogP contribution >= 0.6 is 0 Å². The van der Waals surface area contributed by atoms with E-state index in [0.29, 0.717) is 5.84 Å². The van der Waals surface area contributed by atoms with Crippen molar-refractivity contribution in [1.29, 1.82) is 0 Å². The molecule has 80 valence electrons. The van der Waals surface area contributed by atoms with Gasteiger partial charge in [-0.1, -0.05) is 0 Å². The predicted octanol–water partition coefficient (Wildman–Crippen LogP) is -0.934. The molecule has 5 nitrogen and oxygen atoms in total. The predicted molar refractivity (Wildman–Crippen MR) is 58.8 cm³/mol. The van der Waals surface area contributed by atoms with Crippen molar-refractivity contribution in [1.82, 2.24) is 10.2 Å². The molecule has 2 atom stereocenters. The molecule has 5 heteroatoms. The van der Waals surface area contributed by atoms with Gasteiger partial charge in [-0.15, -0.1) is 0 Å². The van der Waals surface area contributed by atoms with Crippen molar-refractivity contribution in [2.24, 2.45) is 16.5 Å². The van der Waals surface area contributed by atoms with Gasteiger partial charge in [-0.25, -0.2) is 4.99 Å². The minimum atomic E-state index is -0.337. The molecule has 0 aromatic carbocycles. The number of nitrogens with one attached hydrogen (secondary N) is 1. The molecular weight excluding hydrogens is 178 g/mol. The highest BCUT2D eigenvalue weighted by Crippen LogP contribution is 2.19. The number of nitrogens with zero attached hydrogens (tertiary/aromatic N) is 2. The zero-order valence-electron chi connectivity index (χ0n) is 9.20. The van der Waals surface area contributed by atoms with Gasteiger partial charge in [0.15, 0.2) is 0 Å². The van der Waals surface area contributed by atoms with Crippen molar-refractivity contribution in [3.63, 3.8) is 0 Å². The largest absolute Gasteiger partial charge is 0.382 e. The van der Waals surface area contributed by atoms with Crippen molar-refractivity contribution in [3.05, 3.63) is 11.8 Å². The van der Waals surface area contributed by atoms with Gasteiger partial charge in [0.05, 0.1) is 11.2 Å². The molecule has 1 aliphatic rings. The van der Waals surface area contributed by atoms with E-state index in [-0.39, 0.29) is 11.7 Å². The first kappa shape index (κ1) is 11.0. The zero-order chi connectivity index (χ0) is 10.9. The normalized spacial score (nSPS) is 32.2. The van der Waals surface area contributed by atoms with Crippen LogP contribution in [-0.4, -0.2) is 43.6 Å². The van der Waals surface area contributed by atoms with Crippen molar-refractivity contribution < 1.29 is 0 Å². The third kappa shape index (κ3) is 1.73. The van der Waals surface area contributed by atoms with E-state index in [4.69, 9.17) is 11.5 Å². The highest BCUT2D eigenvalue weighted by atomic mass is 15.2. The first-order chi connectivity index (χ1) is 6.40. The maximum Gasteiger partial charge on any atom is 0.143 e. The molecule has 14 heavy (non-hydrogen) atoms. The zero-order valence-corrected chi connectivity index (χ0v) is 9.20. The van der Waals surface area contributed by atoms with Crippen molar-refractivity contribution in [3.8, 4) is 0 Å². The summed E-state index contributed by atoms with van der Waals surface area (Å²) in [5, 5.41) is 3.14. The second-order valence-electron chi connectivity index (χ2n) is 3.92. The van der Waals surface area contributed by atoms with E-state index in [1.807, 2.05) is 39.0 Å². The molecule has 0 saturated carbocycles. The van der Waals surface area contributed by atoms with E-state index in [0.717, 1.165) is 5.70 Å². The van der Waals surface area contributed by atoms with Crippen LogP contribution in [0, 0.1) is 0 Å². The first-order valence-corrected chi connectivity index (χ1v) is 4.59. The van der Waals surface area contributed by atoms with Crippen LogP contribution < -0.4 is 16.8 Å². The molecule has 1 aliphatic heterocycles. The van der Waals surface area contributed by atoms with E-state index in [9.17, 15) is 0 Å². The van der Waals surface area contributed by atoms with Gasteiger partial charge in [0.2, 0.25) is 0 Å². The molecule has 0 bridgehead atoms. The van der Waals surface area contributed by atoms with Gasteiger partial charge < -0.3 is 21.7 Å². The van der Waals surface area contributed by atoms with E-state index in [1.165, 1.54) is 0 Å². The number of hydrogen-bond acceptors (Lipinski definition) is 5. The van der Waals surface area contributed by atoms with Crippen LogP contribution in [0.1, 0.15) is 6.92 Å². The lowest BCUT2D eigenvalue weighted by molar-refractivity contribution is 0.376. The highest BCUT2D eigenvalue weighted by molar-refractivity contribution is 5.97. The minimum absolute atomic E-state index is 0.331. The Balaban J connectivity index is 3.07. The van der Waals surface area contributed by atoms with Gasteiger partial charge in [-0.2, -0.15) is 0 Å². The Morgan fingerprint density at radius 2 is 2.14 bits per heavy atom. The summed E-state index contributed by atoms with van der Waals surface area (Å²) in [6, 6.07) is 0. The molecule has 1 heterocycles. The molecular formula is C9H19N5. The monoisotopic (exact) mass is 197 g/mol. The number of rotatable bonds is 2. The molecule has 0 fully saturated rings. The fourth-order valence-corrected chi connectivity index (χ4v) is 1.37. The van der Waals surface area contributed by atoms with E-state index < -0.39 is 0 Å². The second kappa shape index (κ2) is 3.59. The lowest BCUT2D eigenvalue weighted by Gasteiger charge is -2.35. The molecule has 0 spiro atoms. The molecule has 0 saturated heterocycles. The smallest absolute Gasteiger partial charge is 0.143 e. The van der Waals surface area contributed by atoms with Crippen LogP contribution in [-0.2, 0) is 0 Å². The molecule has 0 radical (unpaired) electrons. The first-order valence-electron chi connectivity index (χ1n) is 4.59. The Morgan fingerprint density at radius 1 is 1.57 bits per heavy atom. The molecule has 1 rings (SSSR count). The third-order valence-electron chi connectivity index (χ3n) is 2.61. The number of hydrogen-bond donors (Lipinski definition) is 3. The maximum absolute atomic E-state index is 5.88. The summed E-state index contributed by atoms with van der Waals surface area (Å²) in [5.41, 5.74) is 12.2. The van der Waals surface area contributed by atoms with Crippen LogP contribution in [0.2, 0.25) is 0 Å². The van der Waals surface area contributed by atoms with Gasteiger partial charge in [-0.05, 0) is 20.0 Å². The Bertz CT molecular complexity index is 281. The fourth-order valence-electron chi connectivity index (χ4n) is 1.37. The van der Waals surface area contributed by atoms with Crippen LogP contribution in [0.4, 0.5) is 0 Å². The summed E-state index contributed by atoms with van der Waals surface area (Å²) in [6.07, 6.45) is 1.68. The summed E-state index contributed by atoms with van der Waals surface area (Å²) in [5.74, 6) is 0.496. The summed E-state index contributed by atoms with van der Waals surface area (Å²) in [7, 11) is 5.73. The summed E-state index contributed by atoms with van der Waals surface area (Å²) in [6.45, 7) is 2.00. The average molecular weight is 197 g/mol. The van der Waals surface area contributed by atoms with Crippen LogP contribution in [0.5, 0.6) is 0 Å². The van der Waals surface area contributed by atoms with E-state index >= 15 is 0 Å². The summed E-state index contributed by atoms with van der Waals surface area (Å²) >= 11 is 0. The van der Waals surface area contributed by atoms with Gasteiger partial charge in [-0.3, -0.25) is 0 Å². The van der Waals surface area contributed by atoms with Gasteiger partial charge in [0.1, 0.15) is 12.0 Å². The molecule has 5 N–H and O–H groups in total. The molecule has 0 aromatic heterocycles. The topological polar surface area (TPSA) is 79.7 Å². The number of aliphatic imine (C=N–C) groups is 1. The van der Waals surface area contributed by atoms with Crippen molar-refractivity contribution >= 4 is 5.84 Å². The van der Waals surface area contributed by atoms with Crippen molar-refractivity contribution in [2.75, 3.05) is 21.1 Å². The number of nitrogens with two attached hydrogens (primary N) is 2. The lowest BCUT2D eigenvalue weighted by atomic mass is 9.94. The standard InChI is InChI=1S/C9H19N5/c1-9(12-2)5-6(14(3)4)7(10)13-8(9)11/h5,8,12H,11H2,1-4H3,(H2,10,13). The molecule has 2 unspecified atom stereocenters. The fraction of sp³-hybridized carbons (Fsp3) is 0.667. The second-order valence-corrected chi connectivity index (χ2v) is 3.92. The van der Waals surface area contributed by atoms with Crippen LogP contribution in [0.3, 0.4) is 0 Å². The van der Waals surface area contributed by atoms with Gasteiger partial charge >= 0.3 is 0 Å². The van der Waals surface area contributed by atoms with E-state index in [1.54, 1.807) is 0 Å². The number of likely N-dealkylation sites (N-methyl/N-ethyl adjacent to an activating group) is 2. The molecule has 0 amide bonds. The van der Waals surface area contributed by atoms with Gasteiger partial charge in [0.25, 0.3) is 0 Å². The van der Waals surface area contributed by atoms with E-state index in [2.05, 4.69) is 10.3 Å². The van der Waals surface area contributed by atoms with Crippen LogP contribution in [0.25, 0.3) is 0 Å². The Morgan fingerprint density at radius 3 is 2.57 bits per heavy atom. The Hall–Kier alpha value is -1.07. The molecule has 0 aliphatic carbocycles. The number of dihydropyridines is 1. The quantitative estimate of drug-likeness (QED) is 0.534. The van der Waals surface area contributed by atoms with Crippen LogP contribution in [0.15, 0.2) is 16.8 Å².